The lowest BCUT2D eigenvalue weighted by atomic mass is 9.81. The molecule has 4 heterocycles. The smallest absolute Gasteiger partial charge is 0.320 e. The molecule has 0 unspecified atom stereocenters. The van der Waals surface area contributed by atoms with Gasteiger partial charge in [0.15, 0.2) is 17.8 Å². The fraction of sp³-hybridized carbons (Fsp3) is 0.400. The van der Waals surface area contributed by atoms with E-state index in [0.717, 1.165) is 30.9 Å². The molecule has 1 aliphatic carbocycles. The van der Waals surface area contributed by atoms with Crippen molar-refractivity contribution in [3.8, 4) is 5.75 Å². The van der Waals surface area contributed by atoms with Crippen LogP contribution in [0.5, 0.6) is 5.75 Å². The van der Waals surface area contributed by atoms with Crippen LogP contribution in [-0.2, 0) is 31.3 Å². The molecule has 2 aliphatic rings. The third kappa shape index (κ3) is 6.62. The zero-order valence-electron chi connectivity index (χ0n) is 28.5. The van der Waals surface area contributed by atoms with Crippen molar-refractivity contribution >= 4 is 39.5 Å². The Morgan fingerprint density at radius 1 is 1.14 bits per heavy atom. The topological polar surface area (TPSA) is 160 Å². The van der Waals surface area contributed by atoms with Crippen molar-refractivity contribution in [2.75, 3.05) is 29.4 Å². The van der Waals surface area contributed by atoms with Gasteiger partial charge in [0, 0.05) is 22.7 Å². The molecule has 0 saturated carbocycles. The zero-order chi connectivity index (χ0) is 35.2. The van der Waals surface area contributed by atoms with E-state index in [4.69, 9.17) is 4.74 Å². The number of urea groups is 1. The summed E-state index contributed by atoms with van der Waals surface area (Å²) in [7, 11) is -1.52. The highest BCUT2D eigenvalue weighted by Gasteiger charge is 2.40. The fourth-order valence-corrected chi connectivity index (χ4v) is 6.92. The van der Waals surface area contributed by atoms with Crippen molar-refractivity contribution in [2.24, 2.45) is 0 Å². The number of carbonyl (C=O) groups excluding carboxylic acids is 2. The van der Waals surface area contributed by atoms with Crippen LogP contribution < -0.4 is 20.1 Å². The quantitative estimate of drug-likeness (QED) is 0.162. The van der Waals surface area contributed by atoms with E-state index in [0.29, 0.717) is 34.5 Å². The number of nitrogens with zero attached hydrogens (tertiary/aromatic N) is 5. The number of aldehydes is 1. The molecular weight excluding hydrogens is 645 g/mol. The van der Waals surface area contributed by atoms with Crippen molar-refractivity contribution in [2.45, 2.75) is 70.1 Å². The van der Waals surface area contributed by atoms with E-state index >= 15 is 0 Å². The van der Waals surface area contributed by atoms with Crippen molar-refractivity contribution in [3.05, 3.63) is 89.5 Å². The molecule has 3 aromatic heterocycles. The first-order valence-corrected chi connectivity index (χ1v) is 17.9. The minimum atomic E-state index is -3.61. The third-order valence-electron chi connectivity index (χ3n) is 9.36. The van der Waals surface area contributed by atoms with Gasteiger partial charge in [0.2, 0.25) is 10.0 Å². The third-order valence-corrected chi connectivity index (χ3v) is 10.6. The number of rotatable bonds is 9. The van der Waals surface area contributed by atoms with Gasteiger partial charge in [0.1, 0.15) is 23.2 Å². The molecule has 0 bridgehead atoms. The summed E-state index contributed by atoms with van der Waals surface area (Å²) in [6, 6.07) is 13.4. The summed E-state index contributed by atoms with van der Waals surface area (Å²) < 4.78 is 35.5. The first kappa shape index (κ1) is 34.1. The summed E-state index contributed by atoms with van der Waals surface area (Å²) in [5, 5.41) is 14.5. The predicted octanol–water partition coefficient (Wildman–Crippen LogP) is 5.03. The molecule has 49 heavy (non-hydrogen) atoms. The van der Waals surface area contributed by atoms with Gasteiger partial charge < -0.3 is 15.4 Å². The SMILES string of the molecule is CCS(=O)(=O)Nc1cc(NC(=O)N[C@@]2(C=O)C=C[C@@H](Oc3ccc4nnc([C@]5(C)CCCN5C)n4c3)c3ccccc32)cc(C(C)(C)C)n1. The molecule has 14 heteroatoms. The van der Waals surface area contributed by atoms with Gasteiger partial charge >= 0.3 is 6.03 Å². The molecule has 1 saturated heterocycles. The number of nitrogens with one attached hydrogen (secondary N) is 3. The van der Waals surface area contributed by atoms with Gasteiger partial charge in [-0.1, -0.05) is 45.0 Å². The number of pyridine rings is 2. The number of carbonyl (C=O) groups is 2. The lowest BCUT2D eigenvalue weighted by Crippen LogP contribution is -2.49. The number of anilines is 2. The summed E-state index contributed by atoms with van der Waals surface area (Å²) in [5.74, 6) is 1.39. The maximum absolute atomic E-state index is 13.5. The Bertz CT molecular complexity index is 2060. The number of hydrogen-bond acceptors (Lipinski definition) is 9. The van der Waals surface area contributed by atoms with E-state index in [1.54, 1.807) is 30.4 Å². The van der Waals surface area contributed by atoms with E-state index in [1.807, 2.05) is 55.6 Å². The van der Waals surface area contributed by atoms with Crippen molar-refractivity contribution < 1.29 is 22.7 Å². The molecule has 258 valence electrons. The first-order valence-electron chi connectivity index (χ1n) is 16.3. The fourth-order valence-electron chi connectivity index (χ4n) is 6.35. The van der Waals surface area contributed by atoms with Gasteiger partial charge in [-0.25, -0.2) is 18.2 Å². The molecule has 1 aliphatic heterocycles. The Hall–Kier alpha value is -4.82. The van der Waals surface area contributed by atoms with Crippen LogP contribution in [0.3, 0.4) is 0 Å². The average Bonchev–Trinajstić information content (AvgIpc) is 3.64. The molecule has 0 radical (unpaired) electrons. The minimum absolute atomic E-state index is 0.0822. The molecule has 3 N–H and O–H groups in total. The summed E-state index contributed by atoms with van der Waals surface area (Å²) >= 11 is 0. The maximum atomic E-state index is 13.5. The highest BCUT2D eigenvalue weighted by molar-refractivity contribution is 7.92. The molecule has 2 amide bonds. The number of amides is 2. The van der Waals surface area contributed by atoms with Crippen LogP contribution in [0.25, 0.3) is 5.65 Å². The second-order valence-corrected chi connectivity index (χ2v) is 15.9. The molecule has 4 aromatic rings. The van der Waals surface area contributed by atoms with E-state index in [-0.39, 0.29) is 17.1 Å². The van der Waals surface area contributed by atoms with Crippen LogP contribution >= 0.6 is 0 Å². The number of hydrogen-bond donors (Lipinski definition) is 3. The molecular formula is C35H42N8O5S. The monoisotopic (exact) mass is 686 g/mol. The van der Waals surface area contributed by atoms with Gasteiger partial charge in [0.25, 0.3) is 0 Å². The van der Waals surface area contributed by atoms with Crippen LogP contribution in [-0.4, -0.2) is 64.6 Å². The molecule has 1 fully saturated rings. The van der Waals surface area contributed by atoms with Crippen molar-refractivity contribution in [1.82, 2.24) is 29.8 Å². The number of aromatic nitrogens is 4. The molecule has 1 aromatic carbocycles. The molecule has 13 nitrogen and oxygen atoms in total. The van der Waals surface area contributed by atoms with Crippen molar-refractivity contribution in [1.29, 1.82) is 0 Å². The largest absolute Gasteiger partial charge is 0.480 e. The van der Waals surface area contributed by atoms with Gasteiger partial charge in [-0.15, -0.1) is 10.2 Å². The van der Waals surface area contributed by atoms with E-state index in [9.17, 15) is 18.0 Å². The standard InChI is InChI=1S/C35H42N8O5S/c1-7-49(46,47)41-29-20-23(19-28(37-29)33(2,3)4)36-32(45)38-35(22-44)17-15-27(25-11-8-9-12-26(25)35)48-24-13-14-30-39-40-31(43(30)21-24)34(5)16-10-18-42(34)6/h8-9,11-15,17,19-22,27H,7,10,16,18H2,1-6H3,(H3,36,37,38,41,45)/t27-,34+,35-/m1/s1. The van der Waals surface area contributed by atoms with E-state index in [2.05, 4.69) is 49.4 Å². The number of fused-ring (bicyclic) bond motifs is 2. The van der Waals surface area contributed by atoms with Crippen LogP contribution in [0.4, 0.5) is 16.3 Å². The maximum Gasteiger partial charge on any atom is 0.320 e. The predicted molar refractivity (Wildman–Crippen MR) is 187 cm³/mol. The zero-order valence-corrected chi connectivity index (χ0v) is 29.3. The highest BCUT2D eigenvalue weighted by atomic mass is 32.2. The van der Waals surface area contributed by atoms with Crippen LogP contribution in [0.2, 0.25) is 0 Å². The summed E-state index contributed by atoms with van der Waals surface area (Å²) in [4.78, 5) is 33.1. The van der Waals surface area contributed by atoms with Gasteiger partial charge in [-0.05, 0) is 76.2 Å². The normalized spacial score (nSPS) is 22.4. The number of benzene rings is 1. The summed E-state index contributed by atoms with van der Waals surface area (Å²) in [6.45, 7) is 10.5. The highest BCUT2D eigenvalue weighted by Crippen LogP contribution is 2.39. The Morgan fingerprint density at radius 2 is 1.92 bits per heavy atom. The average molecular weight is 687 g/mol. The van der Waals surface area contributed by atoms with Crippen LogP contribution in [0, 0.1) is 0 Å². The molecule has 6 rings (SSSR count). The van der Waals surface area contributed by atoms with Gasteiger partial charge in [-0.3, -0.25) is 18.8 Å². The Balaban J connectivity index is 1.26. The Labute approximate surface area is 286 Å². The van der Waals surface area contributed by atoms with Crippen LogP contribution in [0.1, 0.15) is 76.2 Å². The lowest BCUT2D eigenvalue weighted by molar-refractivity contribution is -0.111. The number of ether oxygens (including phenoxy) is 1. The summed E-state index contributed by atoms with van der Waals surface area (Å²) in [6.07, 6.45) is 7.44. The molecule has 3 atom stereocenters. The molecule has 0 spiro atoms. The Kier molecular flexibility index (Phi) is 8.74. The van der Waals surface area contributed by atoms with Crippen molar-refractivity contribution in [3.63, 3.8) is 0 Å². The second kappa shape index (κ2) is 12.6. The van der Waals surface area contributed by atoms with E-state index in [1.165, 1.54) is 13.0 Å². The van der Waals surface area contributed by atoms with E-state index < -0.39 is 33.1 Å². The van der Waals surface area contributed by atoms with Gasteiger partial charge in [-0.2, -0.15) is 0 Å². The lowest BCUT2D eigenvalue weighted by Gasteiger charge is -2.34. The number of likely N-dealkylation sites (tertiary alicyclic amines) is 1. The minimum Gasteiger partial charge on any atom is -0.480 e. The van der Waals surface area contributed by atoms with Gasteiger partial charge in [0.05, 0.1) is 23.2 Å². The van der Waals surface area contributed by atoms with Crippen LogP contribution in [0.15, 0.2) is 66.9 Å². The summed E-state index contributed by atoms with van der Waals surface area (Å²) in [5.41, 5.74) is 0.657. The number of sulfonamides is 1. The first-order chi connectivity index (χ1) is 23.2. The Morgan fingerprint density at radius 3 is 2.61 bits per heavy atom. The second-order valence-electron chi connectivity index (χ2n) is 13.8.